The Kier molecular flexibility index (Phi) is 7.94. The predicted molar refractivity (Wildman–Crippen MR) is 122 cm³/mol. The molecule has 9 heteroatoms. The normalized spacial score (nSPS) is 19.8. The first-order valence-corrected chi connectivity index (χ1v) is 12.3. The molecular formula is C23H30N4O4S. The molecule has 0 bridgehead atoms. The van der Waals surface area contributed by atoms with Crippen LogP contribution < -0.4 is 0 Å². The number of benzene rings is 1. The van der Waals surface area contributed by atoms with E-state index in [1.165, 1.54) is 11.8 Å². The van der Waals surface area contributed by atoms with Gasteiger partial charge < -0.3 is 14.4 Å². The number of amides is 1. The number of aromatic nitrogens is 2. The molecule has 0 spiro atoms. The molecule has 1 amide bonds. The van der Waals surface area contributed by atoms with E-state index in [0.717, 1.165) is 60.9 Å². The Morgan fingerprint density at radius 3 is 2.81 bits per heavy atom. The molecule has 1 unspecified atom stereocenters. The molecule has 2 aromatic rings. The van der Waals surface area contributed by atoms with Gasteiger partial charge in [0.05, 0.1) is 43.6 Å². The van der Waals surface area contributed by atoms with Gasteiger partial charge in [0.15, 0.2) is 0 Å². The lowest BCUT2D eigenvalue weighted by molar-refractivity contribution is -0.151. The second-order valence-electron chi connectivity index (χ2n) is 8.07. The number of ether oxygens (including phenoxy) is 2. The number of thioether (sulfide) groups is 1. The summed E-state index contributed by atoms with van der Waals surface area (Å²) < 4.78 is 10.6. The number of hydrogen-bond acceptors (Lipinski definition) is 8. The van der Waals surface area contributed by atoms with E-state index in [4.69, 9.17) is 19.4 Å². The van der Waals surface area contributed by atoms with Crippen molar-refractivity contribution in [1.29, 1.82) is 0 Å². The van der Waals surface area contributed by atoms with E-state index in [9.17, 15) is 9.59 Å². The molecule has 8 nitrogen and oxygen atoms in total. The summed E-state index contributed by atoms with van der Waals surface area (Å²) in [4.78, 5) is 38.6. The average Bonchev–Trinajstić information content (AvgIpc) is 2.83. The van der Waals surface area contributed by atoms with Crippen LogP contribution in [0.15, 0.2) is 29.3 Å². The van der Waals surface area contributed by atoms with E-state index < -0.39 is 0 Å². The quantitative estimate of drug-likeness (QED) is 0.355. The lowest BCUT2D eigenvalue weighted by Gasteiger charge is -2.31. The second kappa shape index (κ2) is 11.1. The van der Waals surface area contributed by atoms with Gasteiger partial charge in [-0.2, -0.15) is 0 Å². The molecule has 0 aliphatic carbocycles. The average molecular weight is 459 g/mol. The van der Waals surface area contributed by atoms with E-state index in [1.807, 2.05) is 24.3 Å². The first-order valence-electron chi connectivity index (χ1n) is 11.3. The topological polar surface area (TPSA) is 84.9 Å². The summed E-state index contributed by atoms with van der Waals surface area (Å²) in [6, 6.07) is 7.92. The summed E-state index contributed by atoms with van der Waals surface area (Å²) in [6.07, 6.45) is 1.59. The Morgan fingerprint density at radius 2 is 2.00 bits per heavy atom. The highest BCUT2D eigenvalue weighted by atomic mass is 32.2. The van der Waals surface area contributed by atoms with Gasteiger partial charge in [-0.3, -0.25) is 14.5 Å². The maximum atomic E-state index is 12.9. The summed E-state index contributed by atoms with van der Waals surface area (Å²) in [5.41, 5.74) is 0.890. The zero-order valence-corrected chi connectivity index (χ0v) is 19.3. The number of para-hydroxylation sites is 1. The maximum Gasteiger partial charge on any atom is 0.310 e. The molecule has 4 rings (SSSR count). The van der Waals surface area contributed by atoms with E-state index in [2.05, 4.69) is 4.90 Å². The van der Waals surface area contributed by atoms with Crippen LogP contribution in [-0.4, -0.2) is 83.4 Å². The van der Waals surface area contributed by atoms with Crippen LogP contribution in [-0.2, 0) is 25.6 Å². The number of morpholine rings is 1. The Morgan fingerprint density at radius 1 is 1.19 bits per heavy atom. The maximum absolute atomic E-state index is 12.9. The van der Waals surface area contributed by atoms with Gasteiger partial charge in [0, 0.05) is 31.6 Å². The first kappa shape index (κ1) is 22.9. The number of nitrogens with zero attached hydrogens (tertiary/aromatic N) is 4. The molecule has 1 aromatic heterocycles. The third-order valence-electron chi connectivity index (χ3n) is 5.81. The molecule has 3 heterocycles. The minimum absolute atomic E-state index is 0.0291. The molecule has 32 heavy (non-hydrogen) atoms. The fourth-order valence-electron chi connectivity index (χ4n) is 4.11. The Labute approximate surface area is 192 Å². The molecule has 0 saturated carbocycles. The molecule has 0 N–H and O–H groups in total. The Hall–Kier alpha value is -2.23. The van der Waals surface area contributed by atoms with Crippen LogP contribution >= 0.6 is 11.8 Å². The summed E-state index contributed by atoms with van der Waals surface area (Å²) in [5.74, 6) is 0.653. The van der Waals surface area contributed by atoms with Crippen molar-refractivity contribution in [3.8, 4) is 0 Å². The van der Waals surface area contributed by atoms with Gasteiger partial charge in [-0.1, -0.05) is 30.0 Å². The van der Waals surface area contributed by atoms with Crippen molar-refractivity contribution in [3.63, 3.8) is 0 Å². The van der Waals surface area contributed by atoms with E-state index in [-0.39, 0.29) is 23.5 Å². The minimum Gasteiger partial charge on any atom is -0.466 e. The number of esters is 1. The highest BCUT2D eigenvalue weighted by Crippen LogP contribution is 2.27. The second-order valence-corrected chi connectivity index (χ2v) is 9.03. The molecule has 2 aliphatic heterocycles. The van der Waals surface area contributed by atoms with Crippen molar-refractivity contribution < 1.29 is 19.1 Å². The number of piperidine rings is 1. The largest absolute Gasteiger partial charge is 0.466 e. The highest BCUT2D eigenvalue weighted by Gasteiger charge is 2.29. The third-order valence-corrected chi connectivity index (χ3v) is 6.79. The van der Waals surface area contributed by atoms with Crippen molar-refractivity contribution in [2.24, 2.45) is 5.92 Å². The van der Waals surface area contributed by atoms with Crippen LogP contribution in [0.25, 0.3) is 10.9 Å². The molecule has 1 atom stereocenters. The molecule has 2 saturated heterocycles. The van der Waals surface area contributed by atoms with Crippen LogP contribution in [0, 0.1) is 5.92 Å². The van der Waals surface area contributed by atoms with Gasteiger partial charge in [0.25, 0.3) is 0 Å². The summed E-state index contributed by atoms with van der Waals surface area (Å²) >= 11 is 1.45. The molecule has 2 fully saturated rings. The van der Waals surface area contributed by atoms with Crippen LogP contribution in [0.5, 0.6) is 0 Å². The van der Waals surface area contributed by atoms with E-state index >= 15 is 0 Å². The van der Waals surface area contributed by atoms with Gasteiger partial charge in [-0.05, 0) is 25.8 Å². The van der Waals surface area contributed by atoms with Gasteiger partial charge in [0.2, 0.25) is 5.91 Å². The van der Waals surface area contributed by atoms with Gasteiger partial charge in [0.1, 0.15) is 10.9 Å². The lowest BCUT2D eigenvalue weighted by atomic mass is 9.98. The van der Waals surface area contributed by atoms with Gasteiger partial charge in [-0.15, -0.1) is 0 Å². The molecule has 1 aromatic carbocycles. The van der Waals surface area contributed by atoms with Crippen molar-refractivity contribution in [3.05, 3.63) is 30.1 Å². The summed E-state index contributed by atoms with van der Waals surface area (Å²) in [7, 11) is 0. The Bertz CT molecular complexity index is 951. The van der Waals surface area contributed by atoms with Gasteiger partial charge in [-0.25, -0.2) is 9.97 Å². The van der Waals surface area contributed by atoms with Crippen LogP contribution in [0.4, 0.5) is 0 Å². The fraction of sp³-hybridized carbons (Fsp3) is 0.565. The Balaban J connectivity index is 1.43. The highest BCUT2D eigenvalue weighted by molar-refractivity contribution is 8.00. The minimum atomic E-state index is -0.224. The molecule has 172 valence electrons. The van der Waals surface area contributed by atoms with Crippen LogP contribution in [0.3, 0.4) is 0 Å². The van der Waals surface area contributed by atoms with Crippen LogP contribution in [0.2, 0.25) is 0 Å². The summed E-state index contributed by atoms with van der Waals surface area (Å²) in [5, 5.41) is 1.78. The SMILES string of the molecule is CCOC(=O)C1CCCN(C(=O)CSc2nc(CN3CCOCC3)nc3ccccc23)C1. The zero-order valence-electron chi connectivity index (χ0n) is 18.5. The summed E-state index contributed by atoms with van der Waals surface area (Å²) in [6.45, 7) is 7.16. The first-order chi connectivity index (χ1) is 15.6. The van der Waals surface area contributed by atoms with Crippen molar-refractivity contribution >= 4 is 34.5 Å². The van der Waals surface area contributed by atoms with Gasteiger partial charge >= 0.3 is 5.97 Å². The third kappa shape index (κ3) is 5.76. The number of carbonyl (C=O) groups excluding carboxylic acids is 2. The predicted octanol–water partition coefficient (Wildman–Crippen LogP) is 2.36. The van der Waals surface area contributed by atoms with Crippen molar-refractivity contribution in [2.75, 3.05) is 51.8 Å². The van der Waals surface area contributed by atoms with Crippen molar-refractivity contribution in [1.82, 2.24) is 19.8 Å². The molecule has 0 radical (unpaired) electrons. The number of hydrogen-bond donors (Lipinski definition) is 0. The fourth-order valence-corrected chi connectivity index (χ4v) is 5.05. The number of rotatable bonds is 7. The number of likely N-dealkylation sites (tertiary alicyclic amines) is 1. The molecular weight excluding hydrogens is 428 g/mol. The van der Waals surface area contributed by atoms with E-state index in [1.54, 1.807) is 11.8 Å². The lowest BCUT2D eigenvalue weighted by Crippen LogP contribution is -2.43. The standard InChI is InChI=1S/C23H30N4O4S/c1-2-31-23(29)17-6-5-9-27(14-17)21(28)16-32-22-18-7-3-4-8-19(18)24-20(25-22)15-26-10-12-30-13-11-26/h3-4,7-8,17H,2,5-6,9-16H2,1H3. The zero-order chi connectivity index (χ0) is 22.3. The number of carbonyl (C=O) groups is 2. The molecule has 2 aliphatic rings. The monoisotopic (exact) mass is 458 g/mol. The number of fused-ring (bicyclic) bond motifs is 1. The van der Waals surface area contributed by atoms with Crippen molar-refractivity contribution in [2.45, 2.75) is 31.3 Å². The van der Waals surface area contributed by atoms with E-state index in [0.29, 0.717) is 26.2 Å². The smallest absolute Gasteiger partial charge is 0.310 e. The van der Waals surface area contributed by atoms with Crippen LogP contribution in [0.1, 0.15) is 25.6 Å².